The van der Waals surface area contributed by atoms with Crippen LogP contribution in [0, 0.1) is 0 Å². The highest BCUT2D eigenvalue weighted by Gasteiger charge is 2.31. The van der Waals surface area contributed by atoms with E-state index in [0.29, 0.717) is 17.3 Å². The van der Waals surface area contributed by atoms with Crippen molar-refractivity contribution >= 4 is 45.9 Å². The van der Waals surface area contributed by atoms with E-state index in [1.54, 1.807) is 45.8 Å². The largest absolute Gasteiger partial charge is 0.323 e. The predicted molar refractivity (Wildman–Crippen MR) is 121 cm³/mol. The molecule has 0 saturated heterocycles. The van der Waals surface area contributed by atoms with Crippen LogP contribution in [0.5, 0.6) is 0 Å². The molecule has 1 amide bonds. The molecule has 1 aliphatic heterocycles. The second-order valence-corrected chi connectivity index (χ2v) is 9.40. The third kappa shape index (κ3) is 3.79. The summed E-state index contributed by atoms with van der Waals surface area (Å²) in [6, 6.07) is 11.8. The molecular weight excluding hydrogens is 438 g/mol. The lowest BCUT2D eigenvalue weighted by Gasteiger charge is -2.34. The fourth-order valence-corrected chi connectivity index (χ4v) is 5.79. The Balaban J connectivity index is 1.39. The minimum absolute atomic E-state index is 0.0844. The van der Waals surface area contributed by atoms with Crippen molar-refractivity contribution in [1.29, 1.82) is 0 Å². The summed E-state index contributed by atoms with van der Waals surface area (Å²) in [4.78, 5) is 21.9. The van der Waals surface area contributed by atoms with E-state index in [2.05, 4.69) is 49.3 Å². The number of thiophene rings is 2. The topological polar surface area (TPSA) is 63.1 Å². The summed E-state index contributed by atoms with van der Waals surface area (Å²) in [5.74, 6) is -0.0844. The molecule has 4 heterocycles. The van der Waals surface area contributed by atoms with E-state index in [9.17, 15) is 4.79 Å². The number of nitrogens with zero attached hydrogens (tertiary/aromatic N) is 4. The van der Waals surface area contributed by atoms with Gasteiger partial charge in [0.15, 0.2) is 0 Å². The number of rotatable bonds is 5. The molecule has 0 fully saturated rings. The number of fused-ring (bicyclic) bond motifs is 1. The molecule has 6 nitrogen and oxygen atoms in total. The zero-order chi connectivity index (χ0) is 20.5. The fourth-order valence-electron chi connectivity index (χ4n) is 3.83. The van der Waals surface area contributed by atoms with Gasteiger partial charge in [0.25, 0.3) is 0 Å². The van der Waals surface area contributed by atoms with Gasteiger partial charge in [-0.25, -0.2) is 9.67 Å². The third-order valence-electron chi connectivity index (χ3n) is 5.12. The van der Waals surface area contributed by atoms with Crippen molar-refractivity contribution in [3.8, 4) is 5.69 Å². The number of carbonyl (C=O) groups excluding carboxylic acids is 1. The molecule has 0 bridgehead atoms. The molecule has 1 aromatic carbocycles. The number of nitrogens with one attached hydrogen (secondary N) is 1. The SMILES string of the molecule is O=C(CN1CCc2sccc2C1c1cccs1)Nc1cc(Cl)ccc1-n1cncn1. The van der Waals surface area contributed by atoms with Crippen LogP contribution in [0.25, 0.3) is 5.69 Å². The normalized spacial score (nSPS) is 16.4. The second-order valence-electron chi connectivity index (χ2n) is 6.99. The highest BCUT2D eigenvalue weighted by Crippen LogP contribution is 2.39. The number of halogens is 1. The van der Waals surface area contributed by atoms with Crippen LogP contribution < -0.4 is 5.32 Å². The summed E-state index contributed by atoms with van der Waals surface area (Å²) in [7, 11) is 0. The first-order valence-corrected chi connectivity index (χ1v) is 11.6. The predicted octanol–water partition coefficient (Wildman–Crippen LogP) is 4.63. The van der Waals surface area contributed by atoms with Gasteiger partial charge >= 0.3 is 0 Å². The summed E-state index contributed by atoms with van der Waals surface area (Å²) in [5.41, 5.74) is 2.64. The van der Waals surface area contributed by atoms with Crippen molar-refractivity contribution < 1.29 is 4.79 Å². The lowest BCUT2D eigenvalue weighted by atomic mass is 9.98. The van der Waals surface area contributed by atoms with Gasteiger partial charge in [0.2, 0.25) is 5.91 Å². The Morgan fingerprint density at radius 3 is 2.97 bits per heavy atom. The zero-order valence-electron chi connectivity index (χ0n) is 15.9. The Kier molecular flexibility index (Phi) is 5.39. The highest BCUT2D eigenvalue weighted by atomic mass is 35.5. The van der Waals surface area contributed by atoms with Gasteiger partial charge in [0.05, 0.1) is 24.0 Å². The molecular formula is C21H18ClN5OS2. The molecule has 1 aliphatic rings. The van der Waals surface area contributed by atoms with E-state index < -0.39 is 0 Å². The summed E-state index contributed by atoms with van der Waals surface area (Å²) in [6.45, 7) is 1.14. The molecule has 1 N–H and O–H groups in total. The molecule has 4 aromatic rings. The van der Waals surface area contributed by atoms with Crippen LogP contribution in [0.15, 0.2) is 59.8 Å². The fraction of sp³-hybridized carbons (Fsp3) is 0.190. The van der Waals surface area contributed by atoms with E-state index in [0.717, 1.165) is 18.7 Å². The molecule has 3 aromatic heterocycles. The number of carbonyl (C=O) groups is 1. The summed E-state index contributed by atoms with van der Waals surface area (Å²) in [6.07, 6.45) is 4.01. The highest BCUT2D eigenvalue weighted by molar-refractivity contribution is 7.10. The summed E-state index contributed by atoms with van der Waals surface area (Å²) in [5, 5.41) is 12.0. The minimum atomic E-state index is -0.0844. The van der Waals surface area contributed by atoms with Gasteiger partial charge in [0, 0.05) is 21.3 Å². The molecule has 1 unspecified atom stereocenters. The van der Waals surface area contributed by atoms with E-state index >= 15 is 0 Å². The maximum absolute atomic E-state index is 13.0. The third-order valence-corrected chi connectivity index (χ3v) is 7.28. The van der Waals surface area contributed by atoms with E-state index in [1.807, 2.05) is 6.07 Å². The zero-order valence-corrected chi connectivity index (χ0v) is 18.3. The average Bonchev–Trinajstić information content (AvgIpc) is 3.50. The van der Waals surface area contributed by atoms with Crippen LogP contribution in [0.2, 0.25) is 5.02 Å². The minimum Gasteiger partial charge on any atom is -0.323 e. The van der Waals surface area contributed by atoms with Crippen molar-refractivity contribution in [2.24, 2.45) is 0 Å². The Hall–Kier alpha value is -2.52. The standard InChI is InChI=1S/C21H18ClN5OS2/c22-14-3-4-17(27-13-23-12-24-27)16(10-14)25-20(28)11-26-7-5-18-15(6-9-30-18)21(26)19-2-1-8-29-19/h1-4,6,8-10,12-13,21H,5,7,11H2,(H,25,28). The number of hydrogen-bond acceptors (Lipinski definition) is 6. The first-order chi connectivity index (χ1) is 14.7. The maximum Gasteiger partial charge on any atom is 0.238 e. The van der Waals surface area contributed by atoms with Gasteiger partial charge in [-0.3, -0.25) is 9.69 Å². The number of benzene rings is 1. The smallest absolute Gasteiger partial charge is 0.238 e. The number of anilines is 1. The van der Waals surface area contributed by atoms with E-state index in [1.165, 1.54) is 21.6 Å². The van der Waals surface area contributed by atoms with Crippen molar-refractivity contribution in [1.82, 2.24) is 19.7 Å². The quantitative estimate of drug-likeness (QED) is 0.476. The van der Waals surface area contributed by atoms with Gasteiger partial charge in [-0.05, 0) is 53.1 Å². The van der Waals surface area contributed by atoms with Gasteiger partial charge in [0.1, 0.15) is 12.7 Å². The van der Waals surface area contributed by atoms with Gasteiger partial charge in [-0.1, -0.05) is 17.7 Å². The molecule has 152 valence electrons. The maximum atomic E-state index is 13.0. The first kappa shape index (κ1) is 19.4. The Morgan fingerprint density at radius 2 is 2.17 bits per heavy atom. The molecule has 1 atom stereocenters. The van der Waals surface area contributed by atoms with Crippen LogP contribution in [0.3, 0.4) is 0 Å². The van der Waals surface area contributed by atoms with Crippen molar-refractivity contribution in [3.63, 3.8) is 0 Å². The Morgan fingerprint density at radius 1 is 1.23 bits per heavy atom. The van der Waals surface area contributed by atoms with Crippen LogP contribution in [0.4, 0.5) is 5.69 Å². The van der Waals surface area contributed by atoms with Crippen LogP contribution in [0.1, 0.15) is 21.4 Å². The van der Waals surface area contributed by atoms with Gasteiger partial charge < -0.3 is 5.32 Å². The van der Waals surface area contributed by atoms with E-state index in [-0.39, 0.29) is 11.9 Å². The van der Waals surface area contributed by atoms with Gasteiger partial charge in [-0.2, -0.15) is 5.10 Å². The lowest BCUT2D eigenvalue weighted by Crippen LogP contribution is -2.40. The Labute approximate surface area is 186 Å². The van der Waals surface area contributed by atoms with Crippen molar-refractivity contribution in [2.75, 3.05) is 18.4 Å². The first-order valence-electron chi connectivity index (χ1n) is 9.47. The van der Waals surface area contributed by atoms with Crippen molar-refractivity contribution in [2.45, 2.75) is 12.5 Å². The molecule has 0 radical (unpaired) electrons. The van der Waals surface area contributed by atoms with Gasteiger partial charge in [-0.15, -0.1) is 22.7 Å². The number of aromatic nitrogens is 3. The molecule has 5 rings (SSSR count). The van der Waals surface area contributed by atoms with Crippen LogP contribution in [-0.2, 0) is 11.2 Å². The monoisotopic (exact) mass is 455 g/mol. The summed E-state index contributed by atoms with van der Waals surface area (Å²) >= 11 is 9.71. The molecule has 0 aliphatic carbocycles. The number of amides is 1. The molecule has 30 heavy (non-hydrogen) atoms. The van der Waals surface area contributed by atoms with Crippen LogP contribution in [-0.4, -0.2) is 38.7 Å². The Bertz CT molecular complexity index is 1160. The van der Waals surface area contributed by atoms with Crippen LogP contribution >= 0.6 is 34.3 Å². The average molecular weight is 456 g/mol. The van der Waals surface area contributed by atoms with E-state index in [4.69, 9.17) is 11.6 Å². The summed E-state index contributed by atoms with van der Waals surface area (Å²) < 4.78 is 1.61. The second kappa shape index (κ2) is 8.31. The number of hydrogen-bond donors (Lipinski definition) is 1. The van der Waals surface area contributed by atoms with Crippen molar-refractivity contribution in [3.05, 3.63) is 80.2 Å². The molecule has 0 spiro atoms. The molecule has 9 heteroatoms. The lowest BCUT2D eigenvalue weighted by molar-refractivity contribution is -0.117. The molecule has 0 saturated carbocycles.